The summed E-state index contributed by atoms with van der Waals surface area (Å²) in [5.41, 5.74) is 0.00784. The molecular weight excluding hydrogens is 234 g/mol. The first-order valence-electron chi connectivity index (χ1n) is 5.97. The Labute approximate surface area is 105 Å². The first kappa shape index (κ1) is 12.6. The van der Waals surface area contributed by atoms with Crippen molar-refractivity contribution in [1.82, 2.24) is 9.47 Å². The van der Waals surface area contributed by atoms with Crippen LogP contribution in [0.15, 0.2) is 23.1 Å². The predicted molar refractivity (Wildman–Crippen MR) is 67.5 cm³/mol. The van der Waals surface area contributed by atoms with E-state index in [1.807, 2.05) is 0 Å². The number of urea groups is 1. The summed E-state index contributed by atoms with van der Waals surface area (Å²) in [6.45, 7) is 0.926. The number of pyridine rings is 1. The van der Waals surface area contributed by atoms with E-state index in [9.17, 15) is 14.7 Å². The van der Waals surface area contributed by atoms with Crippen LogP contribution in [-0.2, 0) is 7.05 Å². The summed E-state index contributed by atoms with van der Waals surface area (Å²) in [5, 5.41) is 12.1. The number of piperidine rings is 1. The second-order valence-corrected chi connectivity index (χ2v) is 4.51. The van der Waals surface area contributed by atoms with Crippen LogP contribution in [0.3, 0.4) is 0 Å². The van der Waals surface area contributed by atoms with E-state index in [1.54, 1.807) is 25.4 Å². The molecule has 1 aliphatic rings. The van der Waals surface area contributed by atoms with Crippen molar-refractivity contribution in [2.24, 2.45) is 7.05 Å². The van der Waals surface area contributed by atoms with Crippen LogP contribution < -0.4 is 10.9 Å². The van der Waals surface area contributed by atoms with E-state index in [-0.39, 0.29) is 17.3 Å². The predicted octanol–water partition coefficient (Wildman–Crippen LogP) is 0.374. The van der Waals surface area contributed by atoms with Gasteiger partial charge in [-0.3, -0.25) is 4.79 Å². The van der Waals surface area contributed by atoms with Crippen molar-refractivity contribution in [1.29, 1.82) is 0 Å². The number of β-amino-alcohol motifs (C(OH)–C–C–N with tert-alkyl or cyclic N) is 1. The van der Waals surface area contributed by atoms with Gasteiger partial charge in [0.2, 0.25) is 0 Å². The number of nitrogens with zero attached hydrogens (tertiary/aromatic N) is 2. The number of aromatic nitrogens is 1. The smallest absolute Gasteiger partial charge is 0.322 e. The second kappa shape index (κ2) is 5.22. The van der Waals surface area contributed by atoms with Gasteiger partial charge in [-0.15, -0.1) is 0 Å². The summed E-state index contributed by atoms with van der Waals surface area (Å²) in [6, 6.07) is 2.93. The number of aliphatic hydroxyl groups excluding tert-OH is 1. The largest absolute Gasteiger partial charge is 0.391 e. The SMILES string of the molecule is Cn1cccc(NC(=O)N2CCCC(O)C2)c1=O. The number of nitrogens with one attached hydrogen (secondary N) is 1. The summed E-state index contributed by atoms with van der Waals surface area (Å²) in [6.07, 6.45) is 2.66. The average Bonchev–Trinajstić information content (AvgIpc) is 2.35. The van der Waals surface area contributed by atoms with Crippen molar-refractivity contribution in [3.8, 4) is 0 Å². The molecule has 2 heterocycles. The zero-order valence-corrected chi connectivity index (χ0v) is 10.3. The van der Waals surface area contributed by atoms with E-state index in [1.165, 1.54) is 9.47 Å². The van der Waals surface area contributed by atoms with Gasteiger partial charge in [-0.2, -0.15) is 0 Å². The van der Waals surface area contributed by atoms with Crippen LogP contribution in [-0.4, -0.2) is 39.8 Å². The number of anilines is 1. The molecule has 2 rings (SSSR count). The van der Waals surface area contributed by atoms with Gasteiger partial charge in [0.25, 0.3) is 5.56 Å². The van der Waals surface area contributed by atoms with Crippen LogP contribution >= 0.6 is 0 Å². The maximum Gasteiger partial charge on any atom is 0.322 e. The molecule has 18 heavy (non-hydrogen) atoms. The van der Waals surface area contributed by atoms with Gasteiger partial charge < -0.3 is 19.9 Å². The number of hydrogen-bond donors (Lipinski definition) is 2. The Morgan fingerprint density at radius 3 is 3.06 bits per heavy atom. The highest BCUT2D eigenvalue weighted by molar-refractivity contribution is 5.89. The number of amides is 2. The molecule has 2 amide bonds. The number of aliphatic hydroxyl groups is 1. The van der Waals surface area contributed by atoms with Crippen molar-refractivity contribution in [2.45, 2.75) is 18.9 Å². The van der Waals surface area contributed by atoms with Gasteiger partial charge in [0, 0.05) is 26.3 Å². The van der Waals surface area contributed by atoms with Gasteiger partial charge in [-0.05, 0) is 25.0 Å². The molecule has 6 heteroatoms. The summed E-state index contributed by atoms with van der Waals surface area (Å²) in [4.78, 5) is 25.2. The number of rotatable bonds is 1. The van der Waals surface area contributed by atoms with E-state index >= 15 is 0 Å². The van der Waals surface area contributed by atoms with Crippen LogP contribution in [0.5, 0.6) is 0 Å². The fourth-order valence-electron chi connectivity index (χ4n) is 2.03. The minimum absolute atomic E-state index is 0.247. The molecular formula is C12H17N3O3. The van der Waals surface area contributed by atoms with Gasteiger partial charge >= 0.3 is 6.03 Å². The minimum Gasteiger partial charge on any atom is -0.391 e. The minimum atomic E-state index is -0.469. The molecule has 1 saturated heterocycles. The highest BCUT2D eigenvalue weighted by atomic mass is 16.3. The lowest BCUT2D eigenvalue weighted by Crippen LogP contribution is -2.45. The van der Waals surface area contributed by atoms with Crippen LogP contribution in [0.2, 0.25) is 0 Å². The molecule has 6 nitrogen and oxygen atoms in total. The Kier molecular flexibility index (Phi) is 3.66. The fourth-order valence-corrected chi connectivity index (χ4v) is 2.03. The van der Waals surface area contributed by atoms with Crippen molar-refractivity contribution in [3.05, 3.63) is 28.7 Å². The van der Waals surface area contributed by atoms with Crippen LogP contribution in [0.4, 0.5) is 10.5 Å². The normalized spacial score (nSPS) is 19.7. The molecule has 1 aromatic heterocycles. The Balaban J connectivity index is 2.07. The molecule has 1 aromatic rings. The number of likely N-dealkylation sites (tertiary alicyclic amines) is 1. The molecule has 1 aliphatic heterocycles. The standard InChI is InChI=1S/C12H17N3O3/c1-14-6-3-5-10(11(14)17)13-12(18)15-7-2-4-9(16)8-15/h3,5-6,9,16H,2,4,7-8H2,1H3,(H,13,18). The fraction of sp³-hybridized carbons (Fsp3) is 0.500. The topological polar surface area (TPSA) is 74.6 Å². The van der Waals surface area contributed by atoms with Crippen LogP contribution in [0.1, 0.15) is 12.8 Å². The summed E-state index contributed by atoms with van der Waals surface area (Å²) < 4.78 is 1.40. The van der Waals surface area contributed by atoms with Crippen LogP contribution in [0, 0.1) is 0 Å². The molecule has 0 aromatic carbocycles. The Bertz CT molecular complexity index is 498. The molecule has 1 atom stereocenters. The summed E-state index contributed by atoms with van der Waals surface area (Å²) in [7, 11) is 1.63. The lowest BCUT2D eigenvalue weighted by Gasteiger charge is -2.30. The quantitative estimate of drug-likeness (QED) is 0.757. The second-order valence-electron chi connectivity index (χ2n) is 4.51. The maximum absolute atomic E-state index is 11.9. The van der Waals surface area contributed by atoms with Crippen molar-refractivity contribution >= 4 is 11.7 Å². The van der Waals surface area contributed by atoms with E-state index in [2.05, 4.69) is 5.32 Å². The van der Waals surface area contributed by atoms with E-state index < -0.39 is 6.10 Å². The van der Waals surface area contributed by atoms with Gasteiger partial charge in [-0.25, -0.2) is 4.79 Å². The van der Waals surface area contributed by atoms with Crippen molar-refractivity contribution in [3.63, 3.8) is 0 Å². The van der Waals surface area contributed by atoms with E-state index in [0.717, 1.165) is 12.8 Å². The van der Waals surface area contributed by atoms with Gasteiger partial charge in [0.1, 0.15) is 5.69 Å². The highest BCUT2D eigenvalue weighted by Crippen LogP contribution is 2.11. The first-order chi connectivity index (χ1) is 8.58. The molecule has 98 valence electrons. The third kappa shape index (κ3) is 2.70. The maximum atomic E-state index is 11.9. The third-order valence-corrected chi connectivity index (χ3v) is 3.05. The molecule has 0 aliphatic carbocycles. The number of hydrogen-bond acceptors (Lipinski definition) is 3. The zero-order chi connectivity index (χ0) is 13.1. The molecule has 0 spiro atoms. The molecule has 0 radical (unpaired) electrons. The number of carbonyl (C=O) groups excluding carboxylic acids is 1. The zero-order valence-electron chi connectivity index (χ0n) is 10.3. The van der Waals surface area contributed by atoms with Crippen LogP contribution in [0.25, 0.3) is 0 Å². The average molecular weight is 251 g/mol. The number of aryl methyl sites for hydroxylation is 1. The summed E-state index contributed by atoms with van der Waals surface area (Å²) >= 11 is 0. The molecule has 1 unspecified atom stereocenters. The molecule has 0 saturated carbocycles. The van der Waals surface area contributed by atoms with Crippen molar-refractivity contribution in [2.75, 3.05) is 18.4 Å². The van der Waals surface area contributed by atoms with Gasteiger partial charge in [-0.1, -0.05) is 0 Å². The highest BCUT2D eigenvalue weighted by Gasteiger charge is 2.22. The number of carbonyl (C=O) groups is 1. The third-order valence-electron chi connectivity index (χ3n) is 3.05. The van der Waals surface area contributed by atoms with Crippen molar-refractivity contribution < 1.29 is 9.90 Å². The monoisotopic (exact) mass is 251 g/mol. The molecule has 1 fully saturated rings. The van der Waals surface area contributed by atoms with Gasteiger partial charge in [0.05, 0.1) is 6.10 Å². The lowest BCUT2D eigenvalue weighted by atomic mass is 10.1. The Morgan fingerprint density at radius 2 is 2.33 bits per heavy atom. The molecule has 2 N–H and O–H groups in total. The molecule has 0 bridgehead atoms. The van der Waals surface area contributed by atoms with E-state index in [0.29, 0.717) is 13.1 Å². The lowest BCUT2D eigenvalue weighted by molar-refractivity contribution is 0.0883. The summed E-state index contributed by atoms with van der Waals surface area (Å²) in [5.74, 6) is 0. The van der Waals surface area contributed by atoms with Gasteiger partial charge in [0.15, 0.2) is 0 Å². The van der Waals surface area contributed by atoms with E-state index in [4.69, 9.17) is 0 Å². The Hall–Kier alpha value is -1.82. The Morgan fingerprint density at radius 1 is 1.56 bits per heavy atom. The first-order valence-corrected chi connectivity index (χ1v) is 5.97.